The molecule has 0 saturated carbocycles. The van der Waals surface area contributed by atoms with Crippen molar-refractivity contribution in [2.24, 2.45) is 5.73 Å². The summed E-state index contributed by atoms with van der Waals surface area (Å²) in [7, 11) is 0. The summed E-state index contributed by atoms with van der Waals surface area (Å²) >= 11 is 0. The molecule has 4 nitrogen and oxygen atoms in total. The molecule has 0 aliphatic carbocycles. The van der Waals surface area contributed by atoms with E-state index in [0.29, 0.717) is 6.61 Å². The summed E-state index contributed by atoms with van der Waals surface area (Å²) < 4.78 is 6.10. The minimum atomic E-state index is 0.0722. The van der Waals surface area contributed by atoms with E-state index in [1.807, 2.05) is 85.8 Å². The fourth-order valence-electron chi connectivity index (χ4n) is 3.30. The van der Waals surface area contributed by atoms with Gasteiger partial charge in [0.2, 0.25) is 0 Å². The first-order valence-corrected chi connectivity index (χ1v) is 9.14. The lowest BCUT2D eigenvalue weighted by Crippen LogP contribution is -2.12. The fourth-order valence-corrected chi connectivity index (χ4v) is 3.30. The maximum atomic E-state index is 7.76. The lowest BCUT2D eigenvalue weighted by molar-refractivity contribution is 0.309. The number of amidine groups is 1. The highest BCUT2D eigenvalue weighted by Gasteiger charge is 2.08. The van der Waals surface area contributed by atoms with Gasteiger partial charge in [-0.05, 0) is 35.7 Å². The van der Waals surface area contributed by atoms with Gasteiger partial charge in [-0.25, -0.2) is 0 Å². The van der Waals surface area contributed by atoms with Crippen LogP contribution in [0.25, 0.3) is 22.0 Å². The minimum Gasteiger partial charge on any atom is -0.488 e. The largest absolute Gasteiger partial charge is 0.488 e. The second-order valence-corrected chi connectivity index (χ2v) is 6.72. The number of aryl methyl sites for hydroxylation is 1. The lowest BCUT2D eigenvalue weighted by Gasteiger charge is -2.12. The fraction of sp³-hybridized carbons (Fsp3) is 0.0833. The van der Waals surface area contributed by atoms with Gasteiger partial charge in [-0.15, -0.1) is 0 Å². The van der Waals surface area contributed by atoms with Crippen molar-refractivity contribution < 1.29 is 4.74 Å². The van der Waals surface area contributed by atoms with Crippen molar-refractivity contribution in [3.63, 3.8) is 0 Å². The minimum absolute atomic E-state index is 0.0722. The molecule has 0 bridgehead atoms. The molecule has 0 saturated heterocycles. The molecule has 4 aromatic rings. The van der Waals surface area contributed by atoms with Gasteiger partial charge in [0, 0.05) is 22.7 Å². The van der Waals surface area contributed by atoms with Crippen LogP contribution in [0.15, 0.2) is 78.9 Å². The number of nitrogens with zero attached hydrogens (tertiary/aromatic N) is 1. The summed E-state index contributed by atoms with van der Waals surface area (Å²) in [6, 6.07) is 25.8. The summed E-state index contributed by atoms with van der Waals surface area (Å²) in [4.78, 5) is 4.55. The Hall–Kier alpha value is -3.66. The van der Waals surface area contributed by atoms with Crippen LogP contribution >= 0.6 is 0 Å². The van der Waals surface area contributed by atoms with E-state index < -0.39 is 0 Å². The molecule has 4 rings (SSSR count). The van der Waals surface area contributed by atoms with Crippen LogP contribution in [0.4, 0.5) is 0 Å². The molecule has 3 aromatic carbocycles. The molecule has 0 atom stereocenters. The molecular formula is C24H21N3O. The van der Waals surface area contributed by atoms with Gasteiger partial charge in [0.25, 0.3) is 0 Å². The summed E-state index contributed by atoms with van der Waals surface area (Å²) in [5.74, 6) is 0.914. The zero-order valence-corrected chi connectivity index (χ0v) is 15.6. The Balaban J connectivity index is 1.56. The van der Waals surface area contributed by atoms with Crippen LogP contribution in [0, 0.1) is 12.3 Å². The number of pyridine rings is 1. The maximum absolute atomic E-state index is 7.76. The topological polar surface area (TPSA) is 72.0 Å². The van der Waals surface area contributed by atoms with E-state index in [0.717, 1.165) is 44.6 Å². The number of fused-ring (bicyclic) bond motifs is 1. The second kappa shape index (κ2) is 7.53. The number of hydrogen-bond acceptors (Lipinski definition) is 3. The highest BCUT2D eigenvalue weighted by atomic mass is 16.5. The number of para-hydroxylation sites is 1. The summed E-state index contributed by atoms with van der Waals surface area (Å²) in [5, 5.41) is 8.78. The number of nitrogens with two attached hydrogens (primary N) is 1. The van der Waals surface area contributed by atoms with Crippen molar-refractivity contribution in [1.29, 1.82) is 5.41 Å². The van der Waals surface area contributed by atoms with Gasteiger partial charge in [-0.3, -0.25) is 10.4 Å². The van der Waals surface area contributed by atoms with Crippen LogP contribution in [-0.4, -0.2) is 10.8 Å². The van der Waals surface area contributed by atoms with Crippen molar-refractivity contribution in [3.05, 3.63) is 95.7 Å². The van der Waals surface area contributed by atoms with Crippen molar-refractivity contribution >= 4 is 16.7 Å². The molecule has 0 fully saturated rings. The zero-order valence-electron chi connectivity index (χ0n) is 15.6. The molecule has 138 valence electrons. The van der Waals surface area contributed by atoms with Crippen molar-refractivity contribution in [2.75, 3.05) is 0 Å². The van der Waals surface area contributed by atoms with Crippen LogP contribution in [0.3, 0.4) is 0 Å². The normalized spacial score (nSPS) is 10.8. The SMILES string of the molecule is Cc1cc(OCc2ccc(-c3ccccc3C(=N)N)cc2)c2ccccc2n1. The number of benzene rings is 3. The second-order valence-electron chi connectivity index (χ2n) is 6.72. The summed E-state index contributed by atoms with van der Waals surface area (Å²) in [6.07, 6.45) is 0. The Labute approximate surface area is 164 Å². The molecule has 0 unspecified atom stereocenters. The highest BCUT2D eigenvalue weighted by molar-refractivity contribution is 6.01. The first-order valence-electron chi connectivity index (χ1n) is 9.14. The Kier molecular flexibility index (Phi) is 4.77. The summed E-state index contributed by atoms with van der Waals surface area (Å²) in [5.41, 5.74) is 11.4. The van der Waals surface area contributed by atoms with E-state index in [9.17, 15) is 0 Å². The molecular weight excluding hydrogens is 346 g/mol. The Bertz CT molecular complexity index is 1150. The Morgan fingerprint density at radius 1 is 0.964 bits per heavy atom. The van der Waals surface area contributed by atoms with Gasteiger partial charge < -0.3 is 10.5 Å². The number of aromatic nitrogens is 1. The van der Waals surface area contributed by atoms with E-state index >= 15 is 0 Å². The Morgan fingerprint density at radius 2 is 1.68 bits per heavy atom. The van der Waals surface area contributed by atoms with Gasteiger partial charge >= 0.3 is 0 Å². The van der Waals surface area contributed by atoms with Gasteiger partial charge in [0.15, 0.2) is 0 Å². The number of rotatable bonds is 5. The smallest absolute Gasteiger partial charge is 0.131 e. The zero-order chi connectivity index (χ0) is 19.5. The van der Waals surface area contributed by atoms with E-state index in [1.165, 1.54) is 0 Å². The molecule has 0 spiro atoms. The van der Waals surface area contributed by atoms with Crippen LogP contribution in [0.2, 0.25) is 0 Å². The molecule has 0 radical (unpaired) electrons. The molecule has 0 aliphatic heterocycles. The molecule has 4 heteroatoms. The molecule has 0 aliphatic rings. The molecule has 0 amide bonds. The lowest BCUT2D eigenvalue weighted by atomic mass is 9.98. The van der Waals surface area contributed by atoms with E-state index in [2.05, 4.69) is 4.98 Å². The van der Waals surface area contributed by atoms with E-state index in [1.54, 1.807) is 0 Å². The van der Waals surface area contributed by atoms with Crippen molar-refractivity contribution in [2.45, 2.75) is 13.5 Å². The first kappa shape index (κ1) is 17.7. The molecule has 1 heterocycles. The average Bonchev–Trinajstić information content (AvgIpc) is 2.72. The summed E-state index contributed by atoms with van der Waals surface area (Å²) in [6.45, 7) is 2.45. The van der Waals surface area contributed by atoms with Gasteiger partial charge in [0.05, 0.1) is 5.52 Å². The van der Waals surface area contributed by atoms with Gasteiger partial charge in [-0.2, -0.15) is 0 Å². The quantitative estimate of drug-likeness (QED) is 0.382. The van der Waals surface area contributed by atoms with E-state index in [-0.39, 0.29) is 5.84 Å². The number of ether oxygens (including phenoxy) is 1. The molecule has 1 aromatic heterocycles. The van der Waals surface area contributed by atoms with Crippen LogP contribution in [0.1, 0.15) is 16.8 Å². The third kappa shape index (κ3) is 3.58. The van der Waals surface area contributed by atoms with Crippen LogP contribution in [0.5, 0.6) is 5.75 Å². The third-order valence-corrected chi connectivity index (χ3v) is 4.68. The third-order valence-electron chi connectivity index (χ3n) is 4.68. The van der Waals surface area contributed by atoms with Crippen LogP contribution in [-0.2, 0) is 6.61 Å². The molecule has 3 N–H and O–H groups in total. The average molecular weight is 367 g/mol. The monoisotopic (exact) mass is 367 g/mol. The van der Waals surface area contributed by atoms with Gasteiger partial charge in [-0.1, -0.05) is 60.7 Å². The predicted octanol–water partition coefficient (Wildman–Crippen LogP) is 5.07. The maximum Gasteiger partial charge on any atom is 0.131 e. The van der Waals surface area contributed by atoms with Crippen LogP contribution < -0.4 is 10.5 Å². The standard InChI is InChI=1S/C24H21N3O/c1-16-14-23(21-8-4-5-9-22(21)27-16)28-15-17-10-12-18(13-11-17)19-6-2-3-7-20(19)24(25)26/h2-14H,15H2,1H3,(H3,25,26). The number of nitrogen functional groups attached to an aromatic ring is 1. The van der Waals surface area contributed by atoms with Crippen molar-refractivity contribution in [1.82, 2.24) is 4.98 Å². The first-order chi connectivity index (χ1) is 13.6. The van der Waals surface area contributed by atoms with E-state index in [4.69, 9.17) is 15.9 Å². The predicted molar refractivity (Wildman–Crippen MR) is 114 cm³/mol. The number of hydrogen-bond donors (Lipinski definition) is 2. The number of nitrogens with one attached hydrogen (secondary N) is 1. The highest BCUT2D eigenvalue weighted by Crippen LogP contribution is 2.27. The molecule has 28 heavy (non-hydrogen) atoms. The van der Waals surface area contributed by atoms with Gasteiger partial charge in [0.1, 0.15) is 18.2 Å². The Morgan fingerprint density at radius 3 is 2.46 bits per heavy atom. The van der Waals surface area contributed by atoms with Crippen molar-refractivity contribution in [3.8, 4) is 16.9 Å².